The van der Waals surface area contributed by atoms with E-state index in [2.05, 4.69) is 0 Å². The molecular formula is C29H26O5. The first-order chi connectivity index (χ1) is 16.5. The molecular weight excluding hydrogens is 428 g/mol. The molecule has 0 aliphatic heterocycles. The molecule has 0 heterocycles. The van der Waals surface area contributed by atoms with Crippen LogP contribution in [0.5, 0.6) is 11.5 Å². The van der Waals surface area contributed by atoms with Gasteiger partial charge in [0.15, 0.2) is 0 Å². The largest absolute Gasteiger partial charge is 0.508 e. The summed E-state index contributed by atoms with van der Waals surface area (Å²) in [5.74, 6) is 0.511. The van der Waals surface area contributed by atoms with Gasteiger partial charge in [-0.1, -0.05) is 72.8 Å². The molecule has 5 nitrogen and oxygen atoms in total. The third-order valence-electron chi connectivity index (χ3n) is 5.45. The zero-order chi connectivity index (χ0) is 23.8. The van der Waals surface area contributed by atoms with Gasteiger partial charge in [0, 0.05) is 0 Å². The fourth-order valence-electron chi connectivity index (χ4n) is 3.53. The molecule has 4 rings (SSSR count). The Bertz CT molecular complexity index is 1100. The van der Waals surface area contributed by atoms with Gasteiger partial charge in [0.2, 0.25) is 0 Å². The molecule has 0 atom stereocenters. The van der Waals surface area contributed by atoms with Crippen LogP contribution in [-0.4, -0.2) is 16.4 Å². The van der Waals surface area contributed by atoms with Crippen LogP contribution >= 0.6 is 0 Å². The van der Waals surface area contributed by atoms with Crippen LogP contribution in [0.1, 0.15) is 33.4 Å². The fourth-order valence-corrected chi connectivity index (χ4v) is 3.53. The van der Waals surface area contributed by atoms with Crippen LogP contribution in [0.4, 0.5) is 4.79 Å². The Morgan fingerprint density at radius 3 is 1.06 bits per heavy atom. The van der Waals surface area contributed by atoms with Gasteiger partial charge in [0.05, 0.1) is 0 Å². The van der Waals surface area contributed by atoms with Crippen LogP contribution in [-0.2, 0) is 35.5 Å². The summed E-state index contributed by atoms with van der Waals surface area (Å²) in [4.78, 5) is 12.0. The van der Waals surface area contributed by atoms with Gasteiger partial charge >= 0.3 is 6.16 Å². The van der Waals surface area contributed by atoms with Crippen LogP contribution in [0.2, 0.25) is 0 Å². The summed E-state index contributed by atoms with van der Waals surface area (Å²) in [5, 5.41) is 18.8. The molecule has 0 unspecified atom stereocenters. The summed E-state index contributed by atoms with van der Waals surface area (Å²) in [7, 11) is 0. The van der Waals surface area contributed by atoms with Crippen molar-refractivity contribution in [3.05, 3.63) is 130 Å². The molecule has 4 aromatic carbocycles. The monoisotopic (exact) mass is 454 g/mol. The third-order valence-corrected chi connectivity index (χ3v) is 5.45. The van der Waals surface area contributed by atoms with Crippen molar-refractivity contribution in [3.8, 4) is 11.5 Å². The second-order valence-corrected chi connectivity index (χ2v) is 8.15. The predicted molar refractivity (Wildman–Crippen MR) is 130 cm³/mol. The molecule has 172 valence electrons. The number of carbonyl (C=O) groups excluding carboxylic acids is 1. The lowest BCUT2D eigenvalue weighted by Crippen LogP contribution is -2.07. The maximum Gasteiger partial charge on any atom is 0.508 e. The molecule has 4 aromatic rings. The van der Waals surface area contributed by atoms with Gasteiger partial charge in [-0.05, 0) is 70.5 Å². The molecule has 0 saturated carbocycles. The van der Waals surface area contributed by atoms with Gasteiger partial charge in [-0.25, -0.2) is 4.79 Å². The lowest BCUT2D eigenvalue weighted by atomic mass is 10.0. The van der Waals surface area contributed by atoms with E-state index in [1.807, 2.05) is 72.8 Å². The van der Waals surface area contributed by atoms with E-state index in [1.54, 1.807) is 24.3 Å². The van der Waals surface area contributed by atoms with Crippen molar-refractivity contribution in [1.29, 1.82) is 0 Å². The second kappa shape index (κ2) is 11.1. The summed E-state index contributed by atoms with van der Waals surface area (Å²) in [6, 6.07) is 30.0. The molecule has 34 heavy (non-hydrogen) atoms. The van der Waals surface area contributed by atoms with Crippen molar-refractivity contribution in [2.24, 2.45) is 0 Å². The Kier molecular flexibility index (Phi) is 7.45. The summed E-state index contributed by atoms with van der Waals surface area (Å²) in [5.41, 5.74) is 6.24. The lowest BCUT2D eigenvalue weighted by Gasteiger charge is -2.08. The van der Waals surface area contributed by atoms with Crippen molar-refractivity contribution >= 4 is 6.16 Å². The number of ether oxygens (including phenoxy) is 2. The highest BCUT2D eigenvalue weighted by Gasteiger charge is 2.06. The van der Waals surface area contributed by atoms with Gasteiger partial charge in [-0.2, -0.15) is 0 Å². The van der Waals surface area contributed by atoms with E-state index in [1.165, 1.54) is 0 Å². The summed E-state index contributed by atoms with van der Waals surface area (Å²) < 4.78 is 10.4. The quantitative estimate of drug-likeness (QED) is 0.313. The molecule has 0 bridgehead atoms. The Morgan fingerprint density at radius 1 is 0.471 bits per heavy atom. The topological polar surface area (TPSA) is 76.0 Å². The molecule has 0 amide bonds. The standard InChI is InChI=1S/C29H26O5/c30-27-13-9-23(10-14-27)17-21-1-5-25(6-2-21)19-33-29(32)34-20-26-7-3-22(4-8-26)18-24-11-15-28(31)16-12-24/h1-16,30-31H,17-20H2. The van der Waals surface area contributed by atoms with Crippen molar-refractivity contribution in [2.75, 3.05) is 0 Å². The van der Waals surface area contributed by atoms with Gasteiger partial charge < -0.3 is 19.7 Å². The van der Waals surface area contributed by atoms with Crippen LogP contribution in [0.25, 0.3) is 0 Å². The predicted octanol–water partition coefficient (Wildman–Crippen LogP) is 6.13. The number of phenols is 2. The maximum absolute atomic E-state index is 12.0. The number of carbonyl (C=O) groups is 1. The molecule has 5 heteroatoms. The number of phenolic OH excluding ortho intramolecular Hbond substituents is 2. The first kappa shape index (κ1) is 22.9. The first-order valence-corrected chi connectivity index (χ1v) is 11.0. The first-order valence-electron chi connectivity index (χ1n) is 11.0. The molecule has 0 aliphatic carbocycles. The average Bonchev–Trinajstić information content (AvgIpc) is 2.86. The van der Waals surface area contributed by atoms with Gasteiger partial charge in [-0.15, -0.1) is 0 Å². The van der Waals surface area contributed by atoms with Crippen molar-refractivity contribution in [1.82, 2.24) is 0 Å². The van der Waals surface area contributed by atoms with E-state index in [0.717, 1.165) is 46.2 Å². The number of hydrogen-bond donors (Lipinski definition) is 2. The highest BCUT2D eigenvalue weighted by Crippen LogP contribution is 2.16. The fraction of sp³-hybridized carbons (Fsp3) is 0.138. The van der Waals surface area contributed by atoms with E-state index in [4.69, 9.17) is 9.47 Å². The highest BCUT2D eigenvalue weighted by molar-refractivity contribution is 5.60. The Hall–Kier alpha value is -4.25. The average molecular weight is 455 g/mol. The number of rotatable bonds is 8. The van der Waals surface area contributed by atoms with Crippen LogP contribution in [0.3, 0.4) is 0 Å². The van der Waals surface area contributed by atoms with E-state index in [-0.39, 0.29) is 24.7 Å². The minimum Gasteiger partial charge on any atom is -0.508 e. The third kappa shape index (κ3) is 6.87. The lowest BCUT2D eigenvalue weighted by molar-refractivity contribution is 0.0446. The van der Waals surface area contributed by atoms with Gasteiger partial charge in [0.1, 0.15) is 24.7 Å². The van der Waals surface area contributed by atoms with E-state index >= 15 is 0 Å². The van der Waals surface area contributed by atoms with E-state index < -0.39 is 6.16 Å². The van der Waals surface area contributed by atoms with Crippen LogP contribution in [0.15, 0.2) is 97.1 Å². The minimum atomic E-state index is -0.707. The van der Waals surface area contributed by atoms with E-state index in [0.29, 0.717) is 0 Å². The molecule has 2 N–H and O–H groups in total. The summed E-state index contributed by atoms with van der Waals surface area (Å²) >= 11 is 0. The summed E-state index contributed by atoms with van der Waals surface area (Å²) in [6.07, 6.45) is 0.815. The normalized spacial score (nSPS) is 10.6. The highest BCUT2D eigenvalue weighted by atomic mass is 16.7. The van der Waals surface area contributed by atoms with Gasteiger partial charge in [-0.3, -0.25) is 0 Å². The Morgan fingerprint density at radius 2 is 0.735 bits per heavy atom. The second-order valence-electron chi connectivity index (χ2n) is 8.15. The number of aromatic hydroxyl groups is 2. The zero-order valence-electron chi connectivity index (χ0n) is 18.7. The SMILES string of the molecule is O=C(OCc1ccc(Cc2ccc(O)cc2)cc1)OCc1ccc(Cc2ccc(O)cc2)cc1. The summed E-state index contributed by atoms with van der Waals surface area (Å²) in [6.45, 7) is 0.285. The smallest absolute Gasteiger partial charge is 0.508 e. The van der Waals surface area contributed by atoms with Gasteiger partial charge in [0.25, 0.3) is 0 Å². The van der Waals surface area contributed by atoms with Crippen molar-refractivity contribution in [3.63, 3.8) is 0 Å². The Labute approximate surface area is 198 Å². The van der Waals surface area contributed by atoms with Crippen molar-refractivity contribution < 1.29 is 24.5 Å². The molecule has 0 radical (unpaired) electrons. The molecule has 0 fully saturated rings. The van der Waals surface area contributed by atoms with Crippen LogP contribution in [0, 0.1) is 0 Å². The molecule has 0 aromatic heterocycles. The van der Waals surface area contributed by atoms with E-state index in [9.17, 15) is 15.0 Å². The molecule has 0 spiro atoms. The van der Waals surface area contributed by atoms with Crippen LogP contribution < -0.4 is 0 Å². The Balaban J connectivity index is 1.19. The number of benzene rings is 4. The maximum atomic E-state index is 12.0. The number of hydrogen-bond acceptors (Lipinski definition) is 5. The zero-order valence-corrected chi connectivity index (χ0v) is 18.7. The minimum absolute atomic E-state index is 0.143. The van der Waals surface area contributed by atoms with Crippen molar-refractivity contribution in [2.45, 2.75) is 26.1 Å². The molecule has 0 aliphatic rings. The molecule has 0 saturated heterocycles.